The number of rotatable bonds is 7. The Morgan fingerprint density at radius 2 is 1.85 bits per heavy atom. The Kier molecular flexibility index (Phi) is 7.78. The summed E-state index contributed by atoms with van der Waals surface area (Å²) in [6.45, 7) is -0.105. The maximum Gasteiger partial charge on any atom is 0.407 e. The van der Waals surface area contributed by atoms with E-state index in [0.29, 0.717) is 15.6 Å². The fourth-order valence-electron chi connectivity index (χ4n) is 2.29. The molecule has 2 rings (SSSR count). The van der Waals surface area contributed by atoms with Crippen molar-refractivity contribution in [2.75, 3.05) is 13.7 Å². The molecule has 2 unspecified atom stereocenters. The lowest BCUT2D eigenvalue weighted by atomic mass is 10.0. The number of alkyl carbamates (subject to hydrolysis) is 1. The van der Waals surface area contributed by atoms with Gasteiger partial charge in [0.2, 0.25) is 0 Å². The molecule has 2 aromatic carbocycles. The van der Waals surface area contributed by atoms with E-state index < -0.39 is 24.3 Å². The summed E-state index contributed by atoms with van der Waals surface area (Å²) in [5.74, 6) is -0.514. The third kappa shape index (κ3) is 6.06. The van der Waals surface area contributed by atoms with Gasteiger partial charge in [-0.1, -0.05) is 52.3 Å². The van der Waals surface area contributed by atoms with Gasteiger partial charge in [-0.15, -0.1) is 0 Å². The number of methoxy groups -OCH3 is 1. The Balaban J connectivity index is 1.87. The third-order valence-corrected chi connectivity index (χ3v) is 4.46. The second-order valence-corrected chi connectivity index (χ2v) is 6.54. The highest BCUT2D eigenvalue weighted by Crippen LogP contribution is 2.27. The van der Waals surface area contributed by atoms with Crippen molar-refractivity contribution in [1.82, 2.24) is 5.32 Å². The number of amides is 1. The van der Waals surface area contributed by atoms with Gasteiger partial charge in [-0.05, 0) is 23.3 Å². The van der Waals surface area contributed by atoms with E-state index in [0.717, 1.165) is 5.56 Å². The van der Waals surface area contributed by atoms with Crippen LogP contribution in [0.5, 0.6) is 0 Å². The summed E-state index contributed by atoms with van der Waals surface area (Å²) in [7, 11) is 1.27. The number of hydrogen-bond donors (Lipinski definition) is 3. The first-order valence-electron chi connectivity index (χ1n) is 8.10. The average Bonchev–Trinajstić information content (AvgIpc) is 2.69. The molecule has 7 nitrogen and oxygen atoms in total. The molecule has 0 fully saturated rings. The molecule has 1 amide bonds. The number of ether oxygens (including phenoxy) is 2. The Bertz CT molecular complexity index is 783. The van der Waals surface area contributed by atoms with Gasteiger partial charge in [0, 0.05) is 11.0 Å². The molecular formula is C19H20BrNO6. The summed E-state index contributed by atoms with van der Waals surface area (Å²) in [6.07, 6.45) is -3.25. The molecular weight excluding hydrogens is 418 g/mol. The van der Waals surface area contributed by atoms with E-state index in [2.05, 4.69) is 26.0 Å². The molecule has 0 bridgehead atoms. The van der Waals surface area contributed by atoms with Crippen LogP contribution in [0.25, 0.3) is 0 Å². The van der Waals surface area contributed by atoms with E-state index >= 15 is 0 Å². The van der Waals surface area contributed by atoms with Gasteiger partial charge in [0.25, 0.3) is 0 Å². The Morgan fingerprint density at radius 3 is 2.48 bits per heavy atom. The molecule has 0 aliphatic heterocycles. The number of esters is 1. The lowest BCUT2D eigenvalue weighted by Gasteiger charge is -2.20. The zero-order chi connectivity index (χ0) is 19.8. The van der Waals surface area contributed by atoms with Gasteiger partial charge in [0.1, 0.15) is 18.8 Å². The van der Waals surface area contributed by atoms with Crippen LogP contribution >= 0.6 is 15.9 Å². The van der Waals surface area contributed by atoms with E-state index in [-0.39, 0.29) is 13.2 Å². The van der Waals surface area contributed by atoms with Crippen LogP contribution in [-0.4, -0.2) is 42.0 Å². The highest BCUT2D eigenvalue weighted by molar-refractivity contribution is 9.10. The predicted octanol–water partition coefficient (Wildman–Crippen LogP) is 2.56. The van der Waals surface area contributed by atoms with Gasteiger partial charge < -0.3 is 25.0 Å². The van der Waals surface area contributed by atoms with Crippen LogP contribution in [0.1, 0.15) is 27.6 Å². The molecule has 0 aromatic heterocycles. The summed E-state index contributed by atoms with van der Waals surface area (Å²) >= 11 is 3.25. The van der Waals surface area contributed by atoms with Crippen molar-refractivity contribution >= 4 is 28.0 Å². The smallest absolute Gasteiger partial charge is 0.407 e. The topological polar surface area (TPSA) is 105 Å². The number of aliphatic hydroxyl groups is 2. The second kappa shape index (κ2) is 10.1. The van der Waals surface area contributed by atoms with Gasteiger partial charge in [-0.3, -0.25) is 0 Å². The lowest BCUT2D eigenvalue weighted by Crippen LogP contribution is -2.35. The molecule has 8 heteroatoms. The van der Waals surface area contributed by atoms with Crippen molar-refractivity contribution < 1.29 is 29.3 Å². The van der Waals surface area contributed by atoms with Crippen molar-refractivity contribution in [3.63, 3.8) is 0 Å². The lowest BCUT2D eigenvalue weighted by molar-refractivity contribution is 0.0179. The third-order valence-electron chi connectivity index (χ3n) is 3.77. The van der Waals surface area contributed by atoms with Gasteiger partial charge in [0.05, 0.1) is 12.7 Å². The summed E-state index contributed by atoms with van der Waals surface area (Å²) in [6, 6.07) is 13.6. The molecule has 0 aliphatic carbocycles. The number of carbonyl (C=O) groups excluding carboxylic acids is 2. The van der Waals surface area contributed by atoms with Crippen LogP contribution in [0.3, 0.4) is 0 Å². The minimum atomic E-state index is -1.28. The normalized spacial score (nSPS) is 12.7. The first-order chi connectivity index (χ1) is 12.9. The van der Waals surface area contributed by atoms with E-state index in [1.54, 1.807) is 0 Å². The number of aliphatic hydroxyl groups excluding tert-OH is 2. The minimum absolute atomic E-state index is 0.103. The van der Waals surface area contributed by atoms with Crippen LogP contribution in [0.15, 0.2) is 53.0 Å². The molecule has 0 saturated heterocycles. The number of halogens is 1. The summed E-state index contributed by atoms with van der Waals surface area (Å²) < 4.78 is 10.1. The molecule has 2 atom stereocenters. The quantitative estimate of drug-likeness (QED) is 0.574. The first kappa shape index (κ1) is 20.9. The van der Waals surface area contributed by atoms with Crippen LogP contribution in [0.2, 0.25) is 0 Å². The van der Waals surface area contributed by atoms with Crippen LogP contribution in [-0.2, 0) is 16.1 Å². The molecule has 0 spiro atoms. The van der Waals surface area contributed by atoms with E-state index in [1.807, 2.05) is 30.3 Å². The largest absolute Gasteiger partial charge is 0.465 e. The predicted molar refractivity (Wildman–Crippen MR) is 101 cm³/mol. The van der Waals surface area contributed by atoms with Crippen LogP contribution < -0.4 is 5.32 Å². The molecule has 0 radical (unpaired) electrons. The van der Waals surface area contributed by atoms with Gasteiger partial charge in [-0.25, -0.2) is 9.59 Å². The molecule has 27 heavy (non-hydrogen) atoms. The second-order valence-electron chi connectivity index (χ2n) is 5.68. The molecule has 3 N–H and O–H groups in total. The molecule has 2 aromatic rings. The summed E-state index contributed by atoms with van der Waals surface area (Å²) in [5, 5.41) is 22.8. The van der Waals surface area contributed by atoms with E-state index in [4.69, 9.17) is 4.74 Å². The van der Waals surface area contributed by atoms with E-state index in [9.17, 15) is 19.8 Å². The average molecular weight is 438 g/mol. The number of benzene rings is 2. The Morgan fingerprint density at radius 1 is 1.15 bits per heavy atom. The van der Waals surface area contributed by atoms with Gasteiger partial charge >= 0.3 is 12.1 Å². The SMILES string of the molecule is COC(=O)c1ccc(C(O)C(O)CNC(=O)OCc2ccccc2)c(Br)c1. The number of nitrogens with one attached hydrogen (secondary N) is 1. The fraction of sp³-hybridized carbons (Fsp3) is 0.263. The maximum atomic E-state index is 11.7. The fourth-order valence-corrected chi connectivity index (χ4v) is 2.91. The zero-order valence-electron chi connectivity index (χ0n) is 14.6. The van der Waals surface area contributed by atoms with Crippen molar-refractivity contribution in [2.24, 2.45) is 0 Å². The highest BCUT2D eigenvalue weighted by Gasteiger charge is 2.22. The Labute approximate surface area is 165 Å². The minimum Gasteiger partial charge on any atom is -0.465 e. The number of carbonyl (C=O) groups is 2. The van der Waals surface area contributed by atoms with Crippen LogP contribution in [0, 0.1) is 0 Å². The number of hydrogen-bond acceptors (Lipinski definition) is 6. The summed E-state index contributed by atoms with van der Waals surface area (Å²) in [4.78, 5) is 23.2. The summed E-state index contributed by atoms with van der Waals surface area (Å²) in [5.41, 5.74) is 1.51. The van der Waals surface area contributed by atoms with Crippen molar-refractivity contribution in [3.05, 3.63) is 69.7 Å². The molecule has 144 valence electrons. The standard InChI is InChI=1S/C19H20BrNO6/c1-26-18(24)13-7-8-14(15(20)9-13)17(23)16(22)10-21-19(25)27-11-12-5-3-2-4-6-12/h2-9,16-17,22-23H,10-11H2,1H3,(H,21,25). The first-order valence-corrected chi connectivity index (χ1v) is 8.90. The molecule has 0 saturated carbocycles. The molecule has 0 heterocycles. The van der Waals surface area contributed by atoms with Crippen LogP contribution in [0.4, 0.5) is 4.79 Å². The monoisotopic (exact) mass is 437 g/mol. The maximum absolute atomic E-state index is 11.7. The van der Waals surface area contributed by atoms with Crippen molar-refractivity contribution in [2.45, 2.75) is 18.8 Å². The Hall–Kier alpha value is -2.42. The highest BCUT2D eigenvalue weighted by atomic mass is 79.9. The van der Waals surface area contributed by atoms with E-state index in [1.165, 1.54) is 25.3 Å². The zero-order valence-corrected chi connectivity index (χ0v) is 16.2. The molecule has 0 aliphatic rings. The van der Waals surface area contributed by atoms with Crippen molar-refractivity contribution in [1.29, 1.82) is 0 Å². The van der Waals surface area contributed by atoms with Gasteiger partial charge in [-0.2, -0.15) is 0 Å². The van der Waals surface area contributed by atoms with Gasteiger partial charge in [0.15, 0.2) is 0 Å². The van der Waals surface area contributed by atoms with Crippen molar-refractivity contribution in [3.8, 4) is 0 Å².